The van der Waals surface area contributed by atoms with Crippen molar-refractivity contribution in [2.45, 2.75) is 33.1 Å². The normalized spacial score (nSPS) is 10.4. The zero-order chi connectivity index (χ0) is 18.2. The summed E-state index contributed by atoms with van der Waals surface area (Å²) in [5.41, 5.74) is 2.42. The van der Waals surface area contributed by atoms with Crippen LogP contribution in [-0.2, 0) is 0 Å². The van der Waals surface area contributed by atoms with Gasteiger partial charge in [-0.1, -0.05) is 19.8 Å². The van der Waals surface area contributed by atoms with Gasteiger partial charge in [0.2, 0.25) is 0 Å². The fourth-order valence-corrected chi connectivity index (χ4v) is 2.41. The van der Waals surface area contributed by atoms with Crippen LogP contribution in [0.25, 0.3) is 0 Å². The van der Waals surface area contributed by atoms with Crippen molar-refractivity contribution in [1.29, 1.82) is 0 Å². The Labute approximate surface area is 149 Å². The van der Waals surface area contributed by atoms with Gasteiger partial charge in [0.15, 0.2) is 0 Å². The van der Waals surface area contributed by atoms with E-state index >= 15 is 0 Å². The topological polar surface area (TPSA) is 70.2 Å². The first kappa shape index (κ1) is 18.7. The average molecular weight is 341 g/mol. The summed E-state index contributed by atoms with van der Waals surface area (Å²) in [6.07, 6.45) is 3.22. The highest BCUT2D eigenvalue weighted by atomic mass is 16.1. The number of nitrogens with zero attached hydrogens (tertiary/aromatic N) is 3. The number of unbranched alkanes of at least 4 members (excludes halogenated alkanes) is 2. The van der Waals surface area contributed by atoms with E-state index in [1.807, 2.05) is 43.3 Å². The second-order valence-electron chi connectivity index (χ2n) is 6.21. The minimum absolute atomic E-state index is 0.160. The van der Waals surface area contributed by atoms with Gasteiger partial charge in [-0.2, -0.15) is 0 Å². The van der Waals surface area contributed by atoms with Crippen molar-refractivity contribution in [2.24, 2.45) is 0 Å². The molecule has 134 valence electrons. The molecule has 0 spiro atoms. The molecule has 0 fully saturated rings. The van der Waals surface area contributed by atoms with E-state index in [4.69, 9.17) is 0 Å². The Morgan fingerprint density at radius 3 is 2.48 bits per heavy atom. The maximum absolute atomic E-state index is 12.2. The molecule has 1 aromatic carbocycles. The Kier molecular flexibility index (Phi) is 6.74. The van der Waals surface area contributed by atoms with E-state index in [1.165, 1.54) is 0 Å². The summed E-state index contributed by atoms with van der Waals surface area (Å²) in [5.74, 6) is 1.02. The number of benzene rings is 1. The Balaban J connectivity index is 2.06. The zero-order valence-corrected chi connectivity index (χ0v) is 15.5. The van der Waals surface area contributed by atoms with E-state index in [9.17, 15) is 4.79 Å². The van der Waals surface area contributed by atoms with E-state index in [0.717, 1.165) is 30.6 Å². The highest BCUT2D eigenvalue weighted by Gasteiger charge is 2.10. The summed E-state index contributed by atoms with van der Waals surface area (Å²) in [5, 5.41) is 6.14. The molecule has 0 saturated heterocycles. The third-order valence-corrected chi connectivity index (χ3v) is 3.79. The lowest BCUT2D eigenvalue weighted by Gasteiger charge is -2.13. The molecule has 1 heterocycles. The van der Waals surface area contributed by atoms with Gasteiger partial charge in [-0.25, -0.2) is 9.97 Å². The van der Waals surface area contributed by atoms with E-state index < -0.39 is 0 Å². The Bertz CT molecular complexity index is 697. The maximum Gasteiger partial charge on any atom is 0.270 e. The zero-order valence-electron chi connectivity index (χ0n) is 15.5. The summed E-state index contributed by atoms with van der Waals surface area (Å²) in [4.78, 5) is 22.9. The van der Waals surface area contributed by atoms with Gasteiger partial charge in [0, 0.05) is 38.1 Å². The summed E-state index contributed by atoms with van der Waals surface area (Å²) in [6, 6.07) is 9.70. The minimum Gasteiger partial charge on any atom is -0.378 e. The van der Waals surface area contributed by atoms with Crippen LogP contribution in [0, 0.1) is 6.92 Å². The largest absolute Gasteiger partial charge is 0.378 e. The van der Waals surface area contributed by atoms with Gasteiger partial charge in [-0.05, 0) is 37.6 Å². The lowest BCUT2D eigenvalue weighted by Crippen LogP contribution is -2.25. The highest BCUT2D eigenvalue weighted by molar-refractivity contribution is 5.93. The van der Waals surface area contributed by atoms with Crippen LogP contribution in [0.1, 0.15) is 42.5 Å². The lowest BCUT2D eigenvalue weighted by atomic mass is 10.2. The number of aryl methyl sites for hydroxylation is 1. The number of nitrogens with one attached hydrogen (secondary N) is 2. The predicted molar refractivity (Wildman–Crippen MR) is 103 cm³/mol. The molecule has 2 N–H and O–H groups in total. The second kappa shape index (κ2) is 9.01. The molecule has 0 unspecified atom stereocenters. The number of carbonyl (C=O) groups is 1. The fourth-order valence-electron chi connectivity index (χ4n) is 2.41. The summed E-state index contributed by atoms with van der Waals surface area (Å²) in [7, 11) is 4.00. The lowest BCUT2D eigenvalue weighted by molar-refractivity contribution is 0.0947. The van der Waals surface area contributed by atoms with Crippen molar-refractivity contribution in [3.63, 3.8) is 0 Å². The second-order valence-corrected chi connectivity index (χ2v) is 6.21. The Morgan fingerprint density at radius 1 is 1.12 bits per heavy atom. The molecule has 0 aliphatic rings. The standard InChI is InChI=1S/C19H27N5O/c1-5-6-7-12-20-19(25)17-13-18(22-14(2)21-17)23-15-8-10-16(11-9-15)24(3)4/h8-11,13H,5-7,12H2,1-4H3,(H,20,25)(H,21,22,23). The molecule has 2 rings (SSSR count). The smallest absolute Gasteiger partial charge is 0.270 e. The number of hydrogen-bond donors (Lipinski definition) is 2. The van der Waals surface area contributed by atoms with Gasteiger partial charge in [0.1, 0.15) is 17.3 Å². The van der Waals surface area contributed by atoms with E-state index in [2.05, 4.69) is 27.5 Å². The molecular weight excluding hydrogens is 314 g/mol. The molecule has 0 aliphatic heterocycles. The van der Waals surface area contributed by atoms with Crippen LogP contribution in [0.3, 0.4) is 0 Å². The van der Waals surface area contributed by atoms with Gasteiger partial charge in [0.05, 0.1) is 0 Å². The quantitative estimate of drug-likeness (QED) is 0.719. The van der Waals surface area contributed by atoms with Crippen molar-refractivity contribution in [3.05, 3.63) is 41.9 Å². The van der Waals surface area contributed by atoms with E-state index in [-0.39, 0.29) is 5.91 Å². The SMILES string of the molecule is CCCCCNC(=O)c1cc(Nc2ccc(N(C)C)cc2)nc(C)n1. The number of aromatic nitrogens is 2. The molecule has 0 radical (unpaired) electrons. The van der Waals surface area contributed by atoms with E-state index in [0.29, 0.717) is 23.9 Å². The molecule has 0 saturated carbocycles. The first-order valence-electron chi connectivity index (χ1n) is 8.68. The molecule has 6 nitrogen and oxygen atoms in total. The van der Waals surface area contributed by atoms with Gasteiger partial charge in [-0.3, -0.25) is 4.79 Å². The first-order chi connectivity index (χ1) is 12.0. The Morgan fingerprint density at radius 2 is 1.84 bits per heavy atom. The summed E-state index contributed by atoms with van der Waals surface area (Å²) < 4.78 is 0. The summed E-state index contributed by atoms with van der Waals surface area (Å²) in [6.45, 7) is 4.59. The molecule has 2 aromatic rings. The number of rotatable bonds is 8. The van der Waals surface area contributed by atoms with Gasteiger partial charge >= 0.3 is 0 Å². The molecule has 0 bridgehead atoms. The third kappa shape index (κ3) is 5.74. The number of hydrogen-bond acceptors (Lipinski definition) is 5. The Hall–Kier alpha value is -2.63. The van der Waals surface area contributed by atoms with Crippen LogP contribution in [-0.4, -0.2) is 36.5 Å². The van der Waals surface area contributed by atoms with Crippen LogP contribution in [0.15, 0.2) is 30.3 Å². The molecular formula is C19H27N5O. The minimum atomic E-state index is -0.160. The van der Waals surface area contributed by atoms with Crippen LogP contribution in [0.2, 0.25) is 0 Å². The van der Waals surface area contributed by atoms with Gasteiger partial charge in [0.25, 0.3) is 5.91 Å². The molecule has 25 heavy (non-hydrogen) atoms. The number of anilines is 3. The number of amides is 1. The van der Waals surface area contributed by atoms with Crippen molar-refractivity contribution in [3.8, 4) is 0 Å². The first-order valence-corrected chi connectivity index (χ1v) is 8.68. The van der Waals surface area contributed by atoms with Gasteiger partial charge < -0.3 is 15.5 Å². The maximum atomic E-state index is 12.2. The van der Waals surface area contributed by atoms with E-state index in [1.54, 1.807) is 13.0 Å². The molecule has 0 atom stereocenters. The van der Waals surface area contributed by atoms with Crippen LogP contribution in [0.4, 0.5) is 17.2 Å². The van der Waals surface area contributed by atoms with Crippen molar-refractivity contribution in [2.75, 3.05) is 30.9 Å². The fraction of sp³-hybridized carbons (Fsp3) is 0.421. The molecule has 1 aromatic heterocycles. The summed E-state index contributed by atoms with van der Waals surface area (Å²) >= 11 is 0. The van der Waals surface area contributed by atoms with Crippen molar-refractivity contribution < 1.29 is 4.79 Å². The molecule has 1 amide bonds. The molecule has 0 aliphatic carbocycles. The molecule has 6 heteroatoms. The van der Waals surface area contributed by atoms with Crippen LogP contribution >= 0.6 is 0 Å². The average Bonchev–Trinajstić information content (AvgIpc) is 2.58. The monoisotopic (exact) mass is 341 g/mol. The highest BCUT2D eigenvalue weighted by Crippen LogP contribution is 2.19. The van der Waals surface area contributed by atoms with Crippen LogP contribution in [0.5, 0.6) is 0 Å². The van der Waals surface area contributed by atoms with Crippen molar-refractivity contribution >= 4 is 23.1 Å². The van der Waals surface area contributed by atoms with Gasteiger partial charge in [-0.15, -0.1) is 0 Å². The third-order valence-electron chi connectivity index (χ3n) is 3.79. The van der Waals surface area contributed by atoms with Crippen LogP contribution < -0.4 is 15.5 Å². The predicted octanol–water partition coefficient (Wildman–Crippen LogP) is 3.51. The number of carbonyl (C=O) groups excluding carboxylic acids is 1. The van der Waals surface area contributed by atoms with Crippen molar-refractivity contribution in [1.82, 2.24) is 15.3 Å².